The molecular formula is C28H38N2O5. The third-order valence-corrected chi connectivity index (χ3v) is 7.56. The Morgan fingerprint density at radius 1 is 1.03 bits per heavy atom. The van der Waals surface area contributed by atoms with Gasteiger partial charge in [-0.25, -0.2) is 0 Å². The number of benzene rings is 2. The van der Waals surface area contributed by atoms with E-state index in [-0.39, 0.29) is 17.2 Å². The van der Waals surface area contributed by atoms with E-state index in [0.29, 0.717) is 30.4 Å². The van der Waals surface area contributed by atoms with Crippen LogP contribution < -0.4 is 18.9 Å². The number of rotatable bonds is 10. The third-order valence-electron chi connectivity index (χ3n) is 7.56. The SMILES string of the molecule is COc1cc(CN2CCC3(CC2)C[C@H]3C(=O)N(C)CCOc2ccc(C)cc2)cc(OC)c1OC. The molecule has 35 heavy (non-hydrogen) atoms. The van der Waals surface area contributed by atoms with Gasteiger partial charge in [-0.2, -0.15) is 0 Å². The predicted octanol–water partition coefficient (Wildman–Crippen LogP) is 4.16. The molecule has 1 spiro atoms. The van der Waals surface area contributed by atoms with E-state index in [0.717, 1.165) is 50.2 Å². The van der Waals surface area contributed by atoms with Gasteiger partial charge in [0, 0.05) is 19.5 Å². The van der Waals surface area contributed by atoms with Crippen molar-refractivity contribution in [2.24, 2.45) is 11.3 Å². The molecule has 0 aromatic heterocycles. The van der Waals surface area contributed by atoms with E-state index >= 15 is 0 Å². The first-order valence-electron chi connectivity index (χ1n) is 12.3. The van der Waals surface area contributed by atoms with Crippen LogP contribution in [0.1, 0.15) is 30.4 Å². The highest BCUT2D eigenvalue weighted by Crippen LogP contribution is 2.60. The minimum atomic E-state index is 0.148. The number of hydrogen-bond donors (Lipinski definition) is 0. The average molecular weight is 483 g/mol. The molecule has 0 unspecified atom stereocenters. The summed E-state index contributed by atoms with van der Waals surface area (Å²) in [5.41, 5.74) is 2.51. The number of methoxy groups -OCH3 is 3. The molecule has 4 rings (SSSR count). The van der Waals surface area contributed by atoms with Crippen LogP contribution in [0.2, 0.25) is 0 Å². The smallest absolute Gasteiger partial charge is 0.226 e. The molecule has 1 amide bonds. The largest absolute Gasteiger partial charge is 0.493 e. The van der Waals surface area contributed by atoms with Gasteiger partial charge in [-0.05, 0) is 74.5 Å². The fourth-order valence-corrected chi connectivity index (χ4v) is 5.20. The van der Waals surface area contributed by atoms with Crippen molar-refractivity contribution in [3.8, 4) is 23.0 Å². The van der Waals surface area contributed by atoms with Crippen molar-refractivity contribution < 1.29 is 23.7 Å². The van der Waals surface area contributed by atoms with Crippen LogP contribution in [-0.2, 0) is 11.3 Å². The summed E-state index contributed by atoms with van der Waals surface area (Å²) in [6, 6.07) is 12.0. The number of hydrogen-bond acceptors (Lipinski definition) is 6. The fourth-order valence-electron chi connectivity index (χ4n) is 5.20. The van der Waals surface area contributed by atoms with E-state index in [2.05, 4.69) is 11.8 Å². The Bertz CT molecular complexity index is 990. The fraction of sp³-hybridized carbons (Fsp3) is 0.536. The van der Waals surface area contributed by atoms with Gasteiger partial charge in [-0.15, -0.1) is 0 Å². The van der Waals surface area contributed by atoms with Crippen LogP contribution >= 0.6 is 0 Å². The minimum Gasteiger partial charge on any atom is -0.493 e. The topological polar surface area (TPSA) is 60.5 Å². The molecule has 1 aliphatic heterocycles. The van der Waals surface area contributed by atoms with Gasteiger partial charge in [0.2, 0.25) is 11.7 Å². The first kappa shape index (κ1) is 25.2. The lowest BCUT2D eigenvalue weighted by Gasteiger charge is -2.33. The number of likely N-dealkylation sites (N-methyl/N-ethyl adjacent to an activating group) is 1. The van der Waals surface area contributed by atoms with Crippen molar-refractivity contribution in [3.63, 3.8) is 0 Å². The van der Waals surface area contributed by atoms with Gasteiger partial charge in [-0.1, -0.05) is 17.7 Å². The number of nitrogens with zero attached hydrogens (tertiary/aromatic N) is 2. The third kappa shape index (κ3) is 5.67. The maximum Gasteiger partial charge on any atom is 0.226 e. The van der Waals surface area contributed by atoms with Crippen LogP contribution in [0.15, 0.2) is 36.4 Å². The minimum absolute atomic E-state index is 0.148. The Morgan fingerprint density at radius 3 is 2.23 bits per heavy atom. The summed E-state index contributed by atoms with van der Waals surface area (Å²) >= 11 is 0. The molecule has 2 aromatic carbocycles. The van der Waals surface area contributed by atoms with E-state index in [1.54, 1.807) is 21.3 Å². The number of likely N-dealkylation sites (tertiary alicyclic amines) is 1. The normalized spacial score (nSPS) is 18.7. The van der Waals surface area contributed by atoms with Gasteiger partial charge in [0.25, 0.3) is 0 Å². The van der Waals surface area contributed by atoms with Gasteiger partial charge < -0.3 is 23.8 Å². The van der Waals surface area contributed by atoms with Crippen LogP contribution in [0.25, 0.3) is 0 Å². The molecule has 0 bridgehead atoms. The van der Waals surface area contributed by atoms with Crippen LogP contribution in [0, 0.1) is 18.3 Å². The molecule has 2 aliphatic rings. The Labute approximate surface area is 208 Å². The molecule has 7 nitrogen and oxygen atoms in total. The number of aryl methyl sites for hydroxylation is 1. The van der Waals surface area contributed by atoms with Crippen LogP contribution in [0.3, 0.4) is 0 Å². The summed E-state index contributed by atoms with van der Waals surface area (Å²) in [6.07, 6.45) is 3.12. The van der Waals surface area contributed by atoms with E-state index in [1.165, 1.54) is 5.56 Å². The number of amides is 1. The Kier molecular flexibility index (Phi) is 7.75. The monoisotopic (exact) mass is 482 g/mol. The number of ether oxygens (including phenoxy) is 4. The van der Waals surface area contributed by atoms with Crippen molar-refractivity contribution in [2.75, 3.05) is 54.6 Å². The summed E-state index contributed by atoms with van der Waals surface area (Å²) in [5, 5.41) is 0. The summed E-state index contributed by atoms with van der Waals surface area (Å²) in [5.74, 6) is 3.23. The first-order valence-corrected chi connectivity index (χ1v) is 12.3. The van der Waals surface area contributed by atoms with E-state index in [1.807, 2.05) is 48.3 Å². The summed E-state index contributed by atoms with van der Waals surface area (Å²) in [4.78, 5) is 17.3. The predicted molar refractivity (Wildman–Crippen MR) is 135 cm³/mol. The molecule has 190 valence electrons. The highest BCUT2D eigenvalue weighted by atomic mass is 16.5. The molecule has 1 saturated carbocycles. The molecule has 2 fully saturated rings. The van der Waals surface area contributed by atoms with Gasteiger partial charge in [0.05, 0.1) is 27.9 Å². The van der Waals surface area contributed by atoms with E-state index < -0.39 is 0 Å². The molecule has 2 aromatic rings. The van der Waals surface area contributed by atoms with E-state index in [9.17, 15) is 4.79 Å². The second kappa shape index (κ2) is 10.8. The van der Waals surface area contributed by atoms with E-state index in [4.69, 9.17) is 18.9 Å². The Morgan fingerprint density at radius 2 is 1.66 bits per heavy atom. The Balaban J connectivity index is 1.25. The zero-order valence-corrected chi connectivity index (χ0v) is 21.6. The molecule has 7 heteroatoms. The van der Waals surface area contributed by atoms with Crippen LogP contribution in [0.5, 0.6) is 23.0 Å². The maximum absolute atomic E-state index is 13.1. The number of carbonyl (C=O) groups excluding carboxylic acids is 1. The van der Waals surface area contributed by atoms with Crippen molar-refractivity contribution in [3.05, 3.63) is 47.5 Å². The summed E-state index contributed by atoms with van der Waals surface area (Å²) < 4.78 is 22.2. The summed E-state index contributed by atoms with van der Waals surface area (Å²) in [7, 11) is 6.79. The average Bonchev–Trinajstić information content (AvgIpc) is 3.58. The zero-order valence-electron chi connectivity index (χ0n) is 21.6. The van der Waals surface area contributed by atoms with Gasteiger partial charge in [-0.3, -0.25) is 9.69 Å². The van der Waals surface area contributed by atoms with Crippen molar-refractivity contribution >= 4 is 5.91 Å². The highest BCUT2D eigenvalue weighted by molar-refractivity contribution is 5.82. The van der Waals surface area contributed by atoms with Crippen molar-refractivity contribution in [2.45, 2.75) is 32.7 Å². The van der Waals surface area contributed by atoms with Crippen molar-refractivity contribution in [1.29, 1.82) is 0 Å². The molecule has 0 radical (unpaired) electrons. The molecular weight excluding hydrogens is 444 g/mol. The second-order valence-electron chi connectivity index (χ2n) is 9.85. The van der Waals surface area contributed by atoms with Crippen LogP contribution in [-0.4, -0.2) is 70.3 Å². The maximum atomic E-state index is 13.1. The van der Waals surface area contributed by atoms with Gasteiger partial charge >= 0.3 is 0 Å². The number of piperidine rings is 1. The van der Waals surface area contributed by atoms with Crippen molar-refractivity contribution in [1.82, 2.24) is 9.80 Å². The Hall–Kier alpha value is -2.93. The second-order valence-corrected chi connectivity index (χ2v) is 9.85. The van der Waals surface area contributed by atoms with Gasteiger partial charge in [0.15, 0.2) is 11.5 Å². The van der Waals surface area contributed by atoms with Crippen LogP contribution in [0.4, 0.5) is 0 Å². The zero-order chi connectivity index (χ0) is 25.0. The molecule has 1 atom stereocenters. The molecule has 0 N–H and O–H groups in total. The lowest BCUT2D eigenvalue weighted by molar-refractivity contribution is -0.132. The lowest BCUT2D eigenvalue weighted by atomic mass is 9.90. The quantitative estimate of drug-likeness (QED) is 0.507. The van der Waals surface area contributed by atoms with Gasteiger partial charge in [0.1, 0.15) is 12.4 Å². The molecule has 1 saturated heterocycles. The number of carbonyl (C=O) groups is 1. The summed E-state index contributed by atoms with van der Waals surface area (Å²) in [6.45, 7) is 5.96. The molecule has 1 heterocycles. The first-order chi connectivity index (χ1) is 16.9. The highest BCUT2D eigenvalue weighted by Gasteiger charge is 2.58. The lowest BCUT2D eigenvalue weighted by Crippen LogP contribution is -2.38. The molecule has 1 aliphatic carbocycles. The standard InChI is InChI=1S/C28H38N2O5/c1-20-6-8-22(9-7-20)35-15-14-29(2)27(31)23-18-28(23)10-12-30(13-11-28)19-21-16-24(32-3)26(34-5)25(17-21)33-4/h6-9,16-17,23H,10-15,18-19H2,1-5H3/t23-/m0/s1.